The molecule has 6 nitrogen and oxygen atoms in total. The molecule has 0 aromatic heterocycles. The fourth-order valence-corrected chi connectivity index (χ4v) is 5.60. The molecule has 0 bridgehead atoms. The third-order valence-electron chi connectivity index (χ3n) is 7.09. The maximum absolute atomic E-state index is 14.3. The molecule has 158 valence electrons. The molecule has 1 aromatic carbocycles. The summed E-state index contributed by atoms with van der Waals surface area (Å²) in [5, 5.41) is 9.64. The van der Waals surface area contributed by atoms with Gasteiger partial charge in [0.25, 0.3) is 0 Å². The van der Waals surface area contributed by atoms with Crippen LogP contribution < -0.4 is 0 Å². The van der Waals surface area contributed by atoms with Gasteiger partial charge in [-0.1, -0.05) is 17.7 Å². The number of imide groups is 1. The van der Waals surface area contributed by atoms with Crippen molar-refractivity contribution in [1.82, 2.24) is 4.90 Å². The number of likely N-dealkylation sites (tertiary alicyclic amines) is 1. The Morgan fingerprint density at radius 3 is 2.55 bits per heavy atom. The maximum atomic E-state index is 14.3. The second-order valence-electron chi connectivity index (χ2n) is 8.68. The van der Waals surface area contributed by atoms with E-state index in [0.717, 1.165) is 10.5 Å². The number of phenols is 1. The van der Waals surface area contributed by atoms with Gasteiger partial charge in [0.15, 0.2) is 23.1 Å². The number of benzene rings is 1. The van der Waals surface area contributed by atoms with Crippen molar-refractivity contribution in [2.75, 3.05) is 7.05 Å². The highest BCUT2D eigenvalue weighted by atomic mass is 19.1. The Labute approximate surface area is 177 Å². The van der Waals surface area contributed by atoms with Crippen LogP contribution in [0.4, 0.5) is 4.39 Å². The third-order valence-corrected chi connectivity index (χ3v) is 7.09. The van der Waals surface area contributed by atoms with Crippen LogP contribution in [0.15, 0.2) is 52.6 Å². The number of Topliss-reactive ketones (excluding diaryl/α,β-unsaturated/α-hetero) is 1. The Morgan fingerprint density at radius 2 is 1.84 bits per heavy atom. The van der Waals surface area contributed by atoms with E-state index >= 15 is 0 Å². The van der Waals surface area contributed by atoms with Gasteiger partial charge in [-0.2, -0.15) is 0 Å². The number of ketones is 2. The van der Waals surface area contributed by atoms with Crippen molar-refractivity contribution in [1.29, 1.82) is 0 Å². The molecule has 1 heterocycles. The van der Waals surface area contributed by atoms with Gasteiger partial charge in [-0.15, -0.1) is 0 Å². The van der Waals surface area contributed by atoms with Gasteiger partial charge in [-0.05, 0) is 49.5 Å². The van der Waals surface area contributed by atoms with Crippen molar-refractivity contribution < 1.29 is 28.7 Å². The summed E-state index contributed by atoms with van der Waals surface area (Å²) in [6.45, 7) is 1.57. The first-order valence-electron chi connectivity index (χ1n) is 10.2. The molecule has 0 spiro atoms. The van der Waals surface area contributed by atoms with Crippen LogP contribution in [0.3, 0.4) is 0 Å². The Kier molecular flexibility index (Phi) is 4.16. The number of hydrogen-bond donors (Lipinski definition) is 1. The van der Waals surface area contributed by atoms with Crippen molar-refractivity contribution in [3.8, 4) is 5.75 Å². The molecule has 0 saturated carbocycles. The van der Waals surface area contributed by atoms with Gasteiger partial charge in [0.2, 0.25) is 11.8 Å². The zero-order chi connectivity index (χ0) is 22.2. The molecule has 1 aromatic rings. The number of amides is 2. The number of allylic oxidation sites excluding steroid dienone is 6. The van der Waals surface area contributed by atoms with Gasteiger partial charge in [0.05, 0.1) is 11.8 Å². The molecule has 31 heavy (non-hydrogen) atoms. The maximum Gasteiger partial charge on any atom is 0.233 e. The molecule has 1 aliphatic heterocycles. The second-order valence-corrected chi connectivity index (χ2v) is 8.68. The lowest BCUT2D eigenvalue weighted by Crippen LogP contribution is -2.39. The van der Waals surface area contributed by atoms with Gasteiger partial charge in [0, 0.05) is 29.7 Å². The van der Waals surface area contributed by atoms with Gasteiger partial charge in [0.1, 0.15) is 0 Å². The predicted octanol–water partition coefficient (Wildman–Crippen LogP) is 2.59. The summed E-state index contributed by atoms with van der Waals surface area (Å²) in [5.41, 5.74) is 2.14. The normalized spacial score (nSPS) is 30.1. The number of nitrogens with zero attached hydrogens (tertiary/aromatic N) is 1. The highest BCUT2D eigenvalue weighted by molar-refractivity contribution is 6.23. The second kappa shape index (κ2) is 6.57. The van der Waals surface area contributed by atoms with Crippen molar-refractivity contribution in [3.63, 3.8) is 0 Å². The number of aromatic hydroxyl groups is 1. The van der Waals surface area contributed by atoms with E-state index < -0.39 is 35.2 Å². The molecular weight excluding hydrogens is 401 g/mol. The van der Waals surface area contributed by atoms with E-state index in [1.54, 1.807) is 6.92 Å². The number of halogens is 1. The van der Waals surface area contributed by atoms with Crippen LogP contribution >= 0.6 is 0 Å². The monoisotopic (exact) mass is 421 g/mol. The van der Waals surface area contributed by atoms with E-state index in [1.165, 1.54) is 31.3 Å². The SMILES string of the molecule is CC1=CC(=O)C2=C(C1=O)[C@@H](c1ccc(O)c(F)c1)C1=CC[C@@H]3C(=O)N(C)C(=O)[C@@H]3[C@@H]1C2. The van der Waals surface area contributed by atoms with E-state index in [4.69, 9.17) is 0 Å². The minimum Gasteiger partial charge on any atom is -0.505 e. The summed E-state index contributed by atoms with van der Waals surface area (Å²) in [6, 6.07) is 3.91. The largest absolute Gasteiger partial charge is 0.505 e. The zero-order valence-corrected chi connectivity index (χ0v) is 17.0. The Hall–Kier alpha value is -3.35. The van der Waals surface area contributed by atoms with Crippen LogP contribution in [0.1, 0.15) is 31.2 Å². The molecule has 3 aliphatic carbocycles. The number of hydrogen-bond acceptors (Lipinski definition) is 5. The van der Waals surface area contributed by atoms with E-state index in [0.29, 0.717) is 28.7 Å². The molecule has 1 saturated heterocycles. The standard InChI is InChI=1S/C24H20FNO5/c1-10-7-18(28)15-9-14-12(4-5-13-20(14)24(31)26(2)23(13)30)19(21(15)22(10)29)11-3-6-17(27)16(25)8-11/h3-4,6-8,13-14,19-20,27H,5,9H2,1-2H3/t13-,14+,19-,20-/m0/s1. The van der Waals surface area contributed by atoms with Gasteiger partial charge in [-0.3, -0.25) is 24.1 Å². The summed E-state index contributed by atoms with van der Waals surface area (Å²) in [7, 11) is 1.46. The molecule has 5 rings (SSSR count). The summed E-state index contributed by atoms with van der Waals surface area (Å²) < 4.78 is 14.3. The Balaban J connectivity index is 1.72. The molecule has 4 atom stereocenters. The smallest absolute Gasteiger partial charge is 0.233 e. The quantitative estimate of drug-likeness (QED) is 0.428. The van der Waals surface area contributed by atoms with E-state index in [1.807, 2.05) is 6.08 Å². The van der Waals surface area contributed by atoms with Crippen molar-refractivity contribution in [3.05, 3.63) is 64.0 Å². The predicted molar refractivity (Wildman–Crippen MR) is 107 cm³/mol. The molecule has 7 heteroatoms. The first-order valence-corrected chi connectivity index (χ1v) is 10.2. The highest BCUT2D eigenvalue weighted by Crippen LogP contribution is 2.55. The Morgan fingerprint density at radius 1 is 1.10 bits per heavy atom. The molecule has 2 amide bonds. The molecular formula is C24H20FNO5. The van der Waals surface area contributed by atoms with Crippen molar-refractivity contribution in [2.24, 2.45) is 17.8 Å². The van der Waals surface area contributed by atoms with Crippen LogP contribution in [0.2, 0.25) is 0 Å². The first-order chi connectivity index (χ1) is 14.7. The molecule has 0 radical (unpaired) electrons. The highest BCUT2D eigenvalue weighted by Gasteiger charge is 2.55. The van der Waals surface area contributed by atoms with Gasteiger partial charge in [-0.25, -0.2) is 4.39 Å². The Bertz CT molecular complexity index is 1190. The van der Waals surface area contributed by atoms with E-state index in [2.05, 4.69) is 0 Å². The minimum atomic E-state index is -0.829. The van der Waals surface area contributed by atoms with Crippen LogP contribution in [-0.4, -0.2) is 40.4 Å². The number of carbonyl (C=O) groups is 4. The third kappa shape index (κ3) is 2.62. The van der Waals surface area contributed by atoms with Crippen LogP contribution in [0.5, 0.6) is 5.75 Å². The summed E-state index contributed by atoms with van der Waals surface area (Å²) in [6.07, 6.45) is 3.72. The van der Waals surface area contributed by atoms with Gasteiger partial charge >= 0.3 is 0 Å². The topological polar surface area (TPSA) is 91.8 Å². The lowest BCUT2D eigenvalue weighted by atomic mass is 9.59. The summed E-state index contributed by atoms with van der Waals surface area (Å²) in [5.74, 6) is -4.66. The number of phenolic OH excluding ortho intramolecular Hbond substituents is 1. The lowest BCUT2D eigenvalue weighted by molar-refractivity contribution is -0.138. The zero-order valence-electron chi connectivity index (χ0n) is 17.0. The number of rotatable bonds is 1. The van der Waals surface area contributed by atoms with Crippen LogP contribution in [0.25, 0.3) is 0 Å². The molecule has 4 aliphatic rings. The van der Waals surface area contributed by atoms with E-state index in [9.17, 15) is 28.7 Å². The van der Waals surface area contributed by atoms with Crippen LogP contribution in [-0.2, 0) is 19.2 Å². The summed E-state index contributed by atoms with van der Waals surface area (Å²) in [4.78, 5) is 52.6. The van der Waals surface area contributed by atoms with Crippen molar-refractivity contribution in [2.45, 2.75) is 25.7 Å². The molecule has 1 N–H and O–H groups in total. The fourth-order valence-electron chi connectivity index (χ4n) is 5.60. The number of fused-ring (bicyclic) bond motifs is 3. The average molecular weight is 421 g/mol. The van der Waals surface area contributed by atoms with E-state index in [-0.39, 0.29) is 29.8 Å². The first kappa shape index (κ1) is 19.6. The van der Waals surface area contributed by atoms with Crippen LogP contribution in [0, 0.1) is 23.6 Å². The molecule has 1 fully saturated rings. The average Bonchev–Trinajstić information content (AvgIpc) is 2.97. The van der Waals surface area contributed by atoms with Crippen molar-refractivity contribution >= 4 is 23.4 Å². The number of carbonyl (C=O) groups excluding carboxylic acids is 4. The lowest BCUT2D eigenvalue weighted by Gasteiger charge is -2.42. The molecule has 0 unspecified atom stereocenters. The fraction of sp³-hybridized carbons (Fsp3) is 0.333. The minimum absolute atomic E-state index is 0.195. The van der Waals surface area contributed by atoms with Gasteiger partial charge < -0.3 is 5.11 Å². The summed E-state index contributed by atoms with van der Waals surface area (Å²) >= 11 is 0.